The van der Waals surface area contributed by atoms with Gasteiger partial charge in [-0.25, -0.2) is 9.97 Å². The Hall–Kier alpha value is -2.31. The number of nitrogens with two attached hydrogens (primary N) is 1. The van der Waals surface area contributed by atoms with Crippen LogP contribution in [0.15, 0.2) is 12.5 Å². The Kier molecular flexibility index (Phi) is 3.31. The van der Waals surface area contributed by atoms with E-state index in [2.05, 4.69) is 20.4 Å². The van der Waals surface area contributed by atoms with Gasteiger partial charge in [0, 0.05) is 13.2 Å². The number of rotatable bonds is 4. The third-order valence-electron chi connectivity index (χ3n) is 2.53. The first-order valence-corrected chi connectivity index (χ1v) is 5.59. The summed E-state index contributed by atoms with van der Waals surface area (Å²) in [5, 5.41) is 7.51. The fraction of sp³-hybridized carbons (Fsp3) is 0.364. The summed E-state index contributed by atoms with van der Waals surface area (Å²) in [6.45, 7) is 2.04. The highest BCUT2D eigenvalue weighted by atomic mass is 16.5. The normalized spacial score (nSPS) is 10.4. The molecule has 0 aliphatic rings. The van der Waals surface area contributed by atoms with Gasteiger partial charge in [0.25, 0.3) is 0 Å². The molecule has 2 aromatic rings. The smallest absolute Gasteiger partial charge is 0.204 e. The molecule has 7 nitrogen and oxygen atoms in total. The summed E-state index contributed by atoms with van der Waals surface area (Å²) in [5.74, 6) is 1.27. The molecule has 2 rings (SSSR count). The van der Waals surface area contributed by atoms with Gasteiger partial charge in [0.05, 0.1) is 18.5 Å². The average molecular weight is 248 g/mol. The predicted molar refractivity (Wildman–Crippen MR) is 68.9 cm³/mol. The number of hydrogen-bond acceptors (Lipinski definition) is 6. The van der Waals surface area contributed by atoms with Crippen molar-refractivity contribution < 1.29 is 4.74 Å². The van der Waals surface area contributed by atoms with Gasteiger partial charge in [0.15, 0.2) is 11.6 Å². The summed E-state index contributed by atoms with van der Waals surface area (Å²) >= 11 is 0. The molecule has 0 atom stereocenters. The molecule has 3 N–H and O–H groups in total. The van der Waals surface area contributed by atoms with Gasteiger partial charge in [-0.2, -0.15) is 5.10 Å². The van der Waals surface area contributed by atoms with E-state index in [-0.39, 0.29) is 0 Å². The first kappa shape index (κ1) is 12.2. The van der Waals surface area contributed by atoms with Crippen LogP contribution < -0.4 is 15.8 Å². The van der Waals surface area contributed by atoms with Crippen LogP contribution in [0.25, 0.3) is 0 Å². The highest BCUT2D eigenvalue weighted by molar-refractivity contribution is 5.68. The molecule has 0 spiro atoms. The lowest BCUT2D eigenvalue weighted by atomic mass is 10.3. The zero-order valence-electron chi connectivity index (χ0n) is 10.6. The molecule has 7 heteroatoms. The number of aromatic nitrogens is 4. The quantitative estimate of drug-likeness (QED) is 0.842. The highest BCUT2D eigenvalue weighted by Gasteiger charge is 2.12. The standard InChI is InChI=1S/C11H16N6O/c1-4-7-8(5-17(2)16-7)15-11-9(18-3)10(12)13-6-14-11/h5-6H,4H2,1-3H3,(H3,12,13,14,15). The summed E-state index contributed by atoms with van der Waals surface area (Å²) in [7, 11) is 3.40. The van der Waals surface area contributed by atoms with Crippen molar-refractivity contribution in [3.05, 3.63) is 18.2 Å². The molecule has 0 fully saturated rings. The number of hydrogen-bond donors (Lipinski definition) is 2. The third-order valence-corrected chi connectivity index (χ3v) is 2.53. The number of ether oxygens (including phenoxy) is 1. The summed E-state index contributed by atoms with van der Waals surface area (Å²) < 4.78 is 6.94. The van der Waals surface area contributed by atoms with E-state index in [1.807, 2.05) is 20.2 Å². The minimum absolute atomic E-state index is 0.303. The second kappa shape index (κ2) is 4.91. The molecular weight excluding hydrogens is 232 g/mol. The number of aryl methyl sites for hydroxylation is 2. The topological polar surface area (TPSA) is 90.9 Å². The minimum Gasteiger partial charge on any atom is -0.490 e. The van der Waals surface area contributed by atoms with Crippen LogP contribution in [-0.2, 0) is 13.5 Å². The van der Waals surface area contributed by atoms with Crippen LogP contribution >= 0.6 is 0 Å². The molecule has 96 valence electrons. The van der Waals surface area contributed by atoms with Crippen LogP contribution in [0.2, 0.25) is 0 Å². The second-order valence-electron chi connectivity index (χ2n) is 3.78. The lowest BCUT2D eigenvalue weighted by Crippen LogP contribution is -2.03. The number of nitrogens with one attached hydrogen (secondary N) is 1. The van der Waals surface area contributed by atoms with Crippen LogP contribution in [0.3, 0.4) is 0 Å². The van der Waals surface area contributed by atoms with E-state index in [0.717, 1.165) is 17.8 Å². The number of nitrogens with zero attached hydrogens (tertiary/aromatic N) is 4. The van der Waals surface area contributed by atoms with Gasteiger partial charge in [-0.05, 0) is 6.42 Å². The largest absolute Gasteiger partial charge is 0.490 e. The molecule has 0 radical (unpaired) electrons. The van der Waals surface area contributed by atoms with Crippen LogP contribution in [0.5, 0.6) is 5.75 Å². The van der Waals surface area contributed by atoms with E-state index >= 15 is 0 Å². The first-order chi connectivity index (χ1) is 8.65. The van der Waals surface area contributed by atoms with Crippen LogP contribution in [-0.4, -0.2) is 26.9 Å². The molecule has 0 aliphatic carbocycles. The van der Waals surface area contributed by atoms with E-state index in [0.29, 0.717) is 17.4 Å². The highest BCUT2D eigenvalue weighted by Crippen LogP contribution is 2.30. The molecule has 2 aromatic heterocycles. The molecular formula is C11H16N6O. The van der Waals surface area contributed by atoms with Gasteiger partial charge in [-0.1, -0.05) is 6.92 Å². The molecule has 18 heavy (non-hydrogen) atoms. The Balaban J connectivity index is 2.36. The van der Waals surface area contributed by atoms with E-state index in [1.165, 1.54) is 13.4 Å². The Bertz CT molecular complexity index is 550. The van der Waals surface area contributed by atoms with Crippen molar-refractivity contribution in [2.24, 2.45) is 7.05 Å². The molecule has 0 unspecified atom stereocenters. The SMILES string of the molecule is CCc1nn(C)cc1Nc1ncnc(N)c1OC. The zero-order chi connectivity index (χ0) is 13.1. The number of nitrogen functional groups attached to an aromatic ring is 1. The molecule has 0 bridgehead atoms. The van der Waals surface area contributed by atoms with Crippen LogP contribution in [0.1, 0.15) is 12.6 Å². The van der Waals surface area contributed by atoms with Crippen LogP contribution in [0.4, 0.5) is 17.3 Å². The Labute approximate surface area is 105 Å². The minimum atomic E-state index is 0.303. The fourth-order valence-electron chi connectivity index (χ4n) is 1.71. The number of methoxy groups -OCH3 is 1. The van der Waals surface area contributed by atoms with Crippen molar-refractivity contribution in [1.82, 2.24) is 19.7 Å². The van der Waals surface area contributed by atoms with Gasteiger partial charge < -0.3 is 15.8 Å². The van der Waals surface area contributed by atoms with E-state index in [4.69, 9.17) is 10.5 Å². The second-order valence-corrected chi connectivity index (χ2v) is 3.78. The molecule has 0 saturated carbocycles. The van der Waals surface area contributed by atoms with Crippen molar-refractivity contribution in [3.8, 4) is 5.75 Å². The lowest BCUT2D eigenvalue weighted by Gasteiger charge is -2.10. The number of anilines is 3. The predicted octanol–water partition coefficient (Wildman–Crippen LogP) is 1.11. The van der Waals surface area contributed by atoms with Crippen molar-refractivity contribution in [1.29, 1.82) is 0 Å². The van der Waals surface area contributed by atoms with Gasteiger partial charge in [0.1, 0.15) is 6.33 Å². The Morgan fingerprint density at radius 3 is 2.89 bits per heavy atom. The van der Waals surface area contributed by atoms with E-state index in [1.54, 1.807) is 4.68 Å². The maximum absolute atomic E-state index is 5.72. The first-order valence-electron chi connectivity index (χ1n) is 5.59. The molecule has 0 aromatic carbocycles. The summed E-state index contributed by atoms with van der Waals surface area (Å²) in [5.41, 5.74) is 7.57. The summed E-state index contributed by atoms with van der Waals surface area (Å²) in [6, 6.07) is 0. The average Bonchev–Trinajstić information content (AvgIpc) is 2.70. The van der Waals surface area contributed by atoms with Crippen LogP contribution in [0, 0.1) is 0 Å². The maximum atomic E-state index is 5.72. The third kappa shape index (κ3) is 2.20. The molecule has 0 amide bonds. The summed E-state index contributed by atoms with van der Waals surface area (Å²) in [6.07, 6.45) is 4.10. The van der Waals surface area contributed by atoms with Crippen molar-refractivity contribution >= 4 is 17.3 Å². The molecule has 0 saturated heterocycles. The van der Waals surface area contributed by atoms with Gasteiger partial charge in [-0.3, -0.25) is 4.68 Å². The summed E-state index contributed by atoms with van der Waals surface area (Å²) in [4.78, 5) is 8.01. The maximum Gasteiger partial charge on any atom is 0.204 e. The van der Waals surface area contributed by atoms with E-state index < -0.39 is 0 Å². The van der Waals surface area contributed by atoms with Gasteiger partial charge >= 0.3 is 0 Å². The van der Waals surface area contributed by atoms with Gasteiger partial charge in [-0.15, -0.1) is 0 Å². The fourth-order valence-corrected chi connectivity index (χ4v) is 1.71. The molecule has 0 aliphatic heterocycles. The lowest BCUT2D eigenvalue weighted by molar-refractivity contribution is 0.415. The monoisotopic (exact) mass is 248 g/mol. The van der Waals surface area contributed by atoms with Crippen molar-refractivity contribution in [2.45, 2.75) is 13.3 Å². The Morgan fingerprint density at radius 1 is 1.44 bits per heavy atom. The Morgan fingerprint density at radius 2 is 2.22 bits per heavy atom. The van der Waals surface area contributed by atoms with E-state index in [9.17, 15) is 0 Å². The van der Waals surface area contributed by atoms with Crippen molar-refractivity contribution in [2.75, 3.05) is 18.2 Å². The molecule has 2 heterocycles. The van der Waals surface area contributed by atoms with Gasteiger partial charge in [0.2, 0.25) is 5.75 Å². The van der Waals surface area contributed by atoms with Crippen molar-refractivity contribution in [3.63, 3.8) is 0 Å². The zero-order valence-corrected chi connectivity index (χ0v) is 10.6.